The lowest BCUT2D eigenvalue weighted by Gasteiger charge is -2.20. The molecule has 0 aromatic heterocycles. The average Bonchev–Trinajstić information content (AvgIpc) is 2.31. The molecule has 0 aliphatic heterocycles. The average molecular weight is 309 g/mol. The van der Waals surface area contributed by atoms with Crippen LogP contribution in [0, 0.1) is 5.92 Å². The van der Waals surface area contributed by atoms with Gasteiger partial charge in [0.25, 0.3) is 0 Å². The van der Waals surface area contributed by atoms with E-state index in [1.54, 1.807) is 27.7 Å². The number of carbonyl (C=O) groups excluding carboxylic acids is 2. The summed E-state index contributed by atoms with van der Waals surface area (Å²) in [5, 5.41) is 2.36. The van der Waals surface area contributed by atoms with Crippen LogP contribution >= 0.6 is 8.25 Å². The molecule has 0 aromatic carbocycles. The van der Waals surface area contributed by atoms with Gasteiger partial charge in [0.1, 0.15) is 6.61 Å². The first-order valence-corrected chi connectivity index (χ1v) is 7.33. The van der Waals surface area contributed by atoms with E-state index in [4.69, 9.17) is 15.4 Å². The van der Waals surface area contributed by atoms with Gasteiger partial charge in [0.2, 0.25) is 5.91 Å². The molecule has 0 spiro atoms. The first kappa shape index (κ1) is 18.9. The molecule has 1 unspecified atom stereocenters. The lowest BCUT2D eigenvalue weighted by atomic mass is 10.0. The molecule has 1 amide bonds. The van der Waals surface area contributed by atoms with E-state index >= 15 is 0 Å². The highest BCUT2D eigenvalue weighted by Crippen LogP contribution is 2.15. The predicted octanol–water partition coefficient (Wildman–Crippen LogP) is 0.0724. The topological polar surface area (TPSA) is 128 Å². The SMILES string of the molecule is CC(C)OC(=O)[C@H](CO[P+](=O)O)NC(=O)[C@@H](N)C(C)C. The van der Waals surface area contributed by atoms with Crippen molar-refractivity contribution in [3.05, 3.63) is 0 Å². The number of esters is 1. The van der Waals surface area contributed by atoms with Gasteiger partial charge in [-0.2, -0.15) is 0 Å². The van der Waals surface area contributed by atoms with E-state index in [1.165, 1.54) is 0 Å². The monoisotopic (exact) mass is 309 g/mol. The molecule has 0 aliphatic carbocycles. The zero-order valence-corrected chi connectivity index (χ0v) is 12.9. The quantitative estimate of drug-likeness (QED) is 0.427. The molecule has 0 rings (SSSR count). The fourth-order valence-corrected chi connectivity index (χ4v) is 1.47. The van der Waals surface area contributed by atoms with Crippen molar-refractivity contribution in [2.24, 2.45) is 11.7 Å². The lowest BCUT2D eigenvalue weighted by molar-refractivity contribution is -0.152. The third-order valence-electron chi connectivity index (χ3n) is 2.33. The van der Waals surface area contributed by atoms with Crippen LogP contribution in [0.2, 0.25) is 0 Å². The fourth-order valence-electron chi connectivity index (χ4n) is 1.19. The number of nitrogens with two attached hydrogens (primary N) is 1. The maximum Gasteiger partial charge on any atom is 0.694 e. The third-order valence-corrected chi connectivity index (χ3v) is 2.70. The molecule has 4 N–H and O–H groups in total. The Bertz CT molecular complexity index is 361. The number of nitrogens with one attached hydrogen (secondary N) is 1. The molecule has 0 saturated heterocycles. The second-order valence-electron chi connectivity index (χ2n) is 4.85. The van der Waals surface area contributed by atoms with Gasteiger partial charge in [-0.05, 0) is 19.8 Å². The van der Waals surface area contributed by atoms with Crippen molar-refractivity contribution in [2.45, 2.75) is 45.9 Å². The summed E-state index contributed by atoms with van der Waals surface area (Å²) in [4.78, 5) is 32.1. The molecule has 0 saturated carbocycles. The van der Waals surface area contributed by atoms with Gasteiger partial charge in [-0.15, -0.1) is 9.42 Å². The van der Waals surface area contributed by atoms with E-state index in [0.29, 0.717) is 0 Å². The normalized spacial score (nSPS) is 14.9. The van der Waals surface area contributed by atoms with Crippen LogP contribution in [0.15, 0.2) is 0 Å². The van der Waals surface area contributed by atoms with Gasteiger partial charge in [-0.25, -0.2) is 4.79 Å². The zero-order valence-electron chi connectivity index (χ0n) is 12.0. The molecule has 0 aromatic rings. The van der Waals surface area contributed by atoms with Crippen LogP contribution < -0.4 is 11.1 Å². The molecule has 0 fully saturated rings. The molecular weight excluding hydrogens is 287 g/mol. The maximum atomic E-state index is 11.8. The van der Waals surface area contributed by atoms with Crippen LogP contribution in [0.4, 0.5) is 0 Å². The van der Waals surface area contributed by atoms with Gasteiger partial charge in [-0.3, -0.25) is 4.79 Å². The molecule has 0 aliphatic rings. The lowest BCUT2D eigenvalue weighted by Crippen LogP contribution is -2.52. The van der Waals surface area contributed by atoms with E-state index in [9.17, 15) is 14.2 Å². The van der Waals surface area contributed by atoms with Gasteiger partial charge in [0, 0.05) is 4.57 Å². The summed E-state index contributed by atoms with van der Waals surface area (Å²) in [5.41, 5.74) is 5.65. The Balaban J connectivity index is 4.71. The van der Waals surface area contributed by atoms with E-state index in [0.717, 1.165) is 0 Å². The Labute approximate surface area is 119 Å². The van der Waals surface area contributed by atoms with E-state index in [2.05, 4.69) is 9.84 Å². The van der Waals surface area contributed by atoms with Crippen LogP contribution in [-0.4, -0.2) is 41.6 Å². The van der Waals surface area contributed by atoms with E-state index < -0.39 is 38.8 Å². The van der Waals surface area contributed by atoms with Gasteiger partial charge >= 0.3 is 14.2 Å². The van der Waals surface area contributed by atoms with Gasteiger partial charge in [-0.1, -0.05) is 13.8 Å². The number of hydrogen-bond acceptors (Lipinski definition) is 6. The first-order chi connectivity index (χ1) is 9.15. The summed E-state index contributed by atoms with van der Waals surface area (Å²) in [7, 11) is -2.87. The second-order valence-corrected chi connectivity index (χ2v) is 5.58. The summed E-state index contributed by atoms with van der Waals surface area (Å²) in [6.45, 7) is 6.33. The molecule has 20 heavy (non-hydrogen) atoms. The van der Waals surface area contributed by atoms with Crippen molar-refractivity contribution in [2.75, 3.05) is 6.61 Å². The van der Waals surface area contributed by atoms with Crippen LogP contribution in [-0.2, 0) is 23.4 Å². The third kappa shape index (κ3) is 7.49. The second kappa shape index (κ2) is 8.97. The van der Waals surface area contributed by atoms with Gasteiger partial charge in [0.05, 0.1) is 12.1 Å². The highest BCUT2D eigenvalue weighted by atomic mass is 31.1. The molecular formula is C11H22N2O6P+. The van der Waals surface area contributed by atoms with Gasteiger partial charge < -0.3 is 15.8 Å². The summed E-state index contributed by atoms with van der Waals surface area (Å²) in [6, 6.07) is -1.98. The summed E-state index contributed by atoms with van der Waals surface area (Å²) in [6.07, 6.45) is -0.386. The summed E-state index contributed by atoms with van der Waals surface area (Å²) >= 11 is 0. The number of carbonyl (C=O) groups is 2. The fraction of sp³-hybridized carbons (Fsp3) is 0.818. The Morgan fingerprint density at radius 1 is 1.30 bits per heavy atom. The minimum Gasteiger partial charge on any atom is -0.461 e. The predicted molar refractivity (Wildman–Crippen MR) is 71.7 cm³/mol. The minimum absolute atomic E-state index is 0.118. The van der Waals surface area contributed by atoms with Crippen molar-refractivity contribution in [1.29, 1.82) is 0 Å². The van der Waals surface area contributed by atoms with E-state index in [1.807, 2.05) is 0 Å². The Morgan fingerprint density at radius 2 is 1.85 bits per heavy atom. The first-order valence-electron chi connectivity index (χ1n) is 6.20. The highest BCUT2D eigenvalue weighted by molar-refractivity contribution is 7.32. The Morgan fingerprint density at radius 3 is 2.25 bits per heavy atom. The minimum atomic E-state index is -2.87. The van der Waals surface area contributed by atoms with Crippen LogP contribution in [0.3, 0.4) is 0 Å². The Hall–Kier alpha value is -1.08. The number of amides is 1. The maximum absolute atomic E-state index is 11.8. The highest BCUT2D eigenvalue weighted by Gasteiger charge is 2.30. The largest absolute Gasteiger partial charge is 0.694 e. The molecule has 8 nitrogen and oxygen atoms in total. The molecule has 0 bridgehead atoms. The van der Waals surface area contributed by atoms with Crippen LogP contribution in [0.25, 0.3) is 0 Å². The summed E-state index contributed by atoms with van der Waals surface area (Å²) in [5.74, 6) is -1.42. The summed E-state index contributed by atoms with van der Waals surface area (Å²) < 4.78 is 19.9. The standard InChI is InChI=1S/C11H21N2O6P/c1-6(2)9(12)10(14)13-8(5-18-20(16)17)11(15)19-7(3)4/h6-9H,5,12H2,1-4H3,(H-,13,14,16,17)/p+1/t8-,9-/m0/s1. The van der Waals surface area contributed by atoms with Gasteiger partial charge in [0.15, 0.2) is 6.04 Å². The van der Waals surface area contributed by atoms with Crippen molar-refractivity contribution in [3.63, 3.8) is 0 Å². The molecule has 3 atom stereocenters. The van der Waals surface area contributed by atoms with Crippen LogP contribution in [0.1, 0.15) is 27.7 Å². The van der Waals surface area contributed by atoms with Crippen molar-refractivity contribution in [1.82, 2.24) is 5.32 Å². The molecule has 116 valence electrons. The molecule has 0 radical (unpaired) electrons. The van der Waals surface area contributed by atoms with Crippen LogP contribution in [0.5, 0.6) is 0 Å². The molecule has 0 heterocycles. The van der Waals surface area contributed by atoms with Crippen molar-refractivity contribution < 1.29 is 28.3 Å². The van der Waals surface area contributed by atoms with E-state index in [-0.39, 0.29) is 12.0 Å². The number of rotatable bonds is 8. The molecule has 9 heteroatoms. The zero-order chi connectivity index (χ0) is 15.9. The van der Waals surface area contributed by atoms with Crippen molar-refractivity contribution >= 4 is 20.1 Å². The Kier molecular flexibility index (Phi) is 8.48. The smallest absolute Gasteiger partial charge is 0.461 e. The number of ether oxygens (including phenoxy) is 1. The number of hydrogen-bond donors (Lipinski definition) is 3. The van der Waals surface area contributed by atoms with Crippen molar-refractivity contribution in [3.8, 4) is 0 Å².